The van der Waals surface area contributed by atoms with E-state index in [0.717, 1.165) is 5.41 Å². The molecular formula is C6H11NO3S. The van der Waals surface area contributed by atoms with Gasteiger partial charge in [-0.1, -0.05) is 6.58 Å². The summed E-state index contributed by atoms with van der Waals surface area (Å²) in [6.45, 7) is 3.12. The Morgan fingerprint density at radius 1 is 1.64 bits per heavy atom. The van der Waals surface area contributed by atoms with Gasteiger partial charge in [0.15, 0.2) is 9.84 Å². The van der Waals surface area contributed by atoms with Crippen LogP contribution in [0.2, 0.25) is 0 Å². The van der Waals surface area contributed by atoms with Crippen molar-refractivity contribution in [3.63, 3.8) is 0 Å². The smallest absolute Gasteiger partial charge is 0.220 e. The molecule has 0 aromatic heterocycles. The summed E-state index contributed by atoms with van der Waals surface area (Å²) in [5, 5.41) is 3.18. The second-order valence-corrected chi connectivity index (χ2v) is 4.02. The SMILES string of the molecule is C=CS(=O)(=O)CCC(=O)NC. The lowest BCUT2D eigenvalue weighted by molar-refractivity contribution is -0.120. The molecule has 0 aliphatic heterocycles. The van der Waals surface area contributed by atoms with Crippen LogP contribution in [0.1, 0.15) is 6.42 Å². The van der Waals surface area contributed by atoms with Crippen molar-refractivity contribution in [3.05, 3.63) is 12.0 Å². The van der Waals surface area contributed by atoms with Crippen LogP contribution in [0, 0.1) is 0 Å². The van der Waals surface area contributed by atoms with E-state index in [-0.39, 0.29) is 18.1 Å². The third-order valence-corrected chi connectivity index (χ3v) is 2.43. The van der Waals surface area contributed by atoms with Gasteiger partial charge in [-0.2, -0.15) is 0 Å². The van der Waals surface area contributed by atoms with E-state index in [0.29, 0.717) is 0 Å². The minimum absolute atomic E-state index is 0.00907. The van der Waals surface area contributed by atoms with Crippen molar-refractivity contribution in [2.45, 2.75) is 6.42 Å². The molecule has 0 saturated carbocycles. The normalized spacial score (nSPS) is 10.6. The van der Waals surface area contributed by atoms with Gasteiger partial charge in [0.2, 0.25) is 5.91 Å². The highest BCUT2D eigenvalue weighted by Gasteiger charge is 2.07. The lowest BCUT2D eigenvalue weighted by Gasteiger charge is -1.97. The minimum Gasteiger partial charge on any atom is -0.359 e. The van der Waals surface area contributed by atoms with Crippen molar-refractivity contribution in [3.8, 4) is 0 Å². The topological polar surface area (TPSA) is 63.2 Å². The Kier molecular flexibility index (Phi) is 3.81. The summed E-state index contributed by atoms with van der Waals surface area (Å²) in [5.41, 5.74) is 0. The van der Waals surface area contributed by atoms with Crippen molar-refractivity contribution < 1.29 is 13.2 Å². The number of sulfone groups is 1. The number of rotatable bonds is 4. The lowest BCUT2D eigenvalue weighted by Crippen LogP contribution is -2.20. The predicted octanol–water partition coefficient (Wildman–Crippen LogP) is -0.319. The molecule has 0 unspecified atom stereocenters. The molecule has 0 aliphatic carbocycles. The summed E-state index contributed by atoms with van der Waals surface area (Å²) in [5.74, 6) is -0.452. The zero-order valence-electron chi connectivity index (χ0n) is 6.33. The number of nitrogens with one attached hydrogen (secondary N) is 1. The second-order valence-electron chi connectivity index (χ2n) is 1.96. The van der Waals surface area contributed by atoms with Gasteiger partial charge in [0.1, 0.15) is 0 Å². The summed E-state index contributed by atoms with van der Waals surface area (Å²) < 4.78 is 21.4. The average Bonchev–Trinajstić information content (AvgIpc) is 2.00. The van der Waals surface area contributed by atoms with Crippen LogP contribution in [0.3, 0.4) is 0 Å². The van der Waals surface area contributed by atoms with Gasteiger partial charge in [0.05, 0.1) is 5.75 Å². The number of hydrogen-bond acceptors (Lipinski definition) is 3. The lowest BCUT2D eigenvalue weighted by atomic mass is 10.5. The molecule has 1 amide bonds. The first-order chi connectivity index (χ1) is 5.02. The highest BCUT2D eigenvalue weighted by molar-refractivity contribution is 7.94. The van der Waals surface area contributed by atoms with Crippen LogP contribution in [0.15, 0.2) is 12.0 Å². The van der Waals surface area contributed by atoms with Gasteiger partial charge in [0, 0.05) is 18.9 Å². The molecule has 0 atom stereocenters. The molecule has 11 heavy (non-hydrogen) atoms. The summed E-state index contributed by atoms with van der Waals surface area (Å²) >= 11 is 0. The van der Waals surface area contributed by atoms with E-state index in [2.05, 4.69) is 11.9 Å². The first kappa shape index (κ1) is 10.2. The van der Waals surface area contributed by atoms with Crippen LogP contribution in [-0.2, 0) is 14.6 Å². The number of carbonyl (C=O) groups excluding carboxylic acids is 1. The maximum absolute atomic E-state index is 10.7. The second kappa shape index (κ2) is 4.12. The summed E-state index contributed by atoms with van der Waals surface area (Å²) in [6.07, 6.45) is -0.00907. The van der Waals surface area contributed by atoms with E-state index >= 15 is 0 Å². The first-order valence-corrected chi connectivity index (χ1v) is 4.79. The van der Waals surface area contributed by atoms with E-state index in [1.165, 1.54) is 7.05 Å². The third-order valence-electron chi connectivity index (χ3n) is 1.15. The Labute approximate surface area is 66.2 Å². The Morgan fingerprint density at radius 2 is 2.18 bits per heavy atom. The fraction of sp³-hybridized carbons (Fsp3) is 0.500. The van der Waals surface area contributed by atoms with E-state index < -0.39 is 9.84 Å². The predicted molar refractivity (Wildman–Crippen MR) is 42.7 cm³/mol. The quantitative estimate of drug-likeness (QED) is 0.640. The van der Waals surface area contributed by atoms with Gasteiger partial charge in [-0.15, -0.1) is 0 Å². The van der Waals surface area contributed by atoms with E-state index in [1.54, 1.807) is 0 Å². The van der Waals surface area contributed by atoms with Crippen molar-refractivity contribution in [2.24, 2.45) is 0 Å². The monoisotopic (exact) mass is 177 g/mol. The van der Waals surface area contributed by atoms with E-state index in [1.807, 2.05) is 0 Å². The molecule has 0 fully saturated rings. The van der Waals surface area contributed by atoms with E-state index in [4.69, 9.17) is 0 Å². The fourth-order valence-electron chi connectivity index (χ4n) is 0.443. The summed E-state index contributed by atoms with van der Waals surface area (Å²) in [7, 11) is -1.76. The van der Waals surface area contributed by atoms with Crippen molar-refractivity contribution in [1.82, 2.24) is 5.32 Å². The molecule has 64 valence electrons. The van der Waals surface area contributed by atoms with Gasteiger partial charge < -0.3 is 5.32 Å². The van der Waals surface area contributed by atoms with Gasteiger partial charge in [-0.25, -0.2) is 8.42 Å². The molecule has 0 saturated heterocycles. The molecule has 0 bridgehead atoms. The Morgan fingerprint density at radius 3 is 2.55 bits per heavy atom. The van der Waals surface area contributed by atoms with Gasteiger partial charge in [-0.3, -0.25) is 4.79 Å². The van der Waals surface area contributed by atoms with Gasteiger partial charge >= 0.3 is 0 Å². The zero-order valence-corrected chi connectivity index (χ0v) is 7.15. The maximum atomic E-state index is 10.7. The largest absolute Gasteiger partial charge is 0.359 e. The molecule has 0 spiro atoms. The molecule has 0 aromatic carbocycles. The number of amides is 1. The van der Waals surface area contributed by atoms with Crippen molar-refractivity contribution >= 4 is 15.7 Å². The highest BCUT2D eigenvalue weighted by atomic mass is 32.2. The molecule has 4 nitrogen and oxygen atoms in total. The third kappa shape index (κ3) is 4.55. The fourth-order valence-corrected chi connectivity index (χ4v) is 1.08. The van der Waals surface area contributed by atoms with E-state index in [9.17, 15) is 13.2 Å². The molecule has 0 rings (SSSR count). The van der Waals surface area contributed by atoms with Gasteiger partial charge in [-0.05, 0) is 0 Å². The Balaban J connectivity index is 3.90. The van der Waals surface area contributed by atoms with Crippen LogP contribution < -0.4 is 5.32 Å². The standard InChI is InChI=1S/C6H11NO3S/c1-3-11(9,10)5-4-6(8)7-2/h3H,1,4-5H2,2H3,(H,7,8). The summed E-state index contributed by atoms with van der Waals surface area (Å²) in [4.78, 5) is 10.6. The van der Waals surface area contributed by atoms with Crippen molar-refractivity contribution in [1.29, 1.82) is 0 Å². The highest BCUT2D eigenvalue weighted by Crippen LogP contribution is 1.93. The van der Waals surface area contributed by atoms with Crippen LogP contribution in [0.4, 0.5) is 0 Å². The molecule has 0 heterocycles. The first-order valence-electron chi connectivity index (χ1n) is 3.07. The van der Waals surface area contributed by atoms with Crippen LogP contribution >= 0.6 is 0 Å². The van der Waals surface area contributed by atoms with Crippen LogP contribution in [-0.4, -0.2) is 27.1 Å². The van der Waals surface area contributed by atoms with Crippen LogP contribution in [0.25, 0.3) is 0 Å². The molecule has 1 N–H and O–H groups in total. The van der Waals surface area contributed by atoms with Gasteiger partial charge in [0.25, 0.3) is 0 Å². The van der Waals surface area contributed by atoms with Crippen molar-refractivity contribution in [2.75, 3.05) is 12.8 Å². The number of carbonyl (C=O) groups is 1. The Hall–Kier alpha value is -0.840. The zero-order chi connectivity index (χ0) is 8.91. The average molecular weight is 177 g/mol. The number of hydrogen-bond donors (Lipinski definition) is 1. The minimum atomic E-state index is -3.22. The molecule has 0 aliphatic rings. The summed E-state index contributed by atoms with van der Waals surface area (Å²) in [6, 6.07) is 0. The molecule has 0 aromatic rings. The van der Waals surface area contributed by atoms with Crippen LogP contribution in [0.5, 0.6) is 0 Å². The Bertz CT molecular complexity index is 243. The molecule has 0 radical (unpaired) electrons. The molecular weight excluding hydrogens is 166 g/mol. The maximum Gasteiger partial charge on any atom is 0.220 e. The molecule has 5 heteroatoms.